The Bertz CT molecular complexity index is 769. The van der Waals surface area contributed by atoms with Crippen molar-refractivity contribution in [3.05, 3.63) is 59.7 Å². The molecule has 0 aliphatic carbocycles. The molecule has 23 heavy (non-hydrogen) atoms. The SMILES string of the molecule is COc1ccc(N2C(=O)c3ccccc3C2(C)CC(=O)O)cc1. The number of aliphatic carboxylic acids is 1. The van der Waals surface area contributed by atoms with Gasteiger partial charge in [0, 0.05) is 11.3 Å². The second-order valence-corrected chi connectivity index (χ2v) is 5.73. The van der Waals surface area contributed by atoms with Gasteiger partial charge in [-0.2, -0.15) is 0 Å². The number of carbonyl (C=O) groups is 2. The largest absolute Gasteiger partial charge is 0.497 e. The van der Waals surface area contributed by atoms with Crippen molar-refractivity contribution < 1.29 is 19.4 Å². The topological polar surface area (TPSA) is 66.8 Å². The quantitative estimate of drug-likeness (QED) is 0.942. The summed E-state index contributed by atoms with van der Waals surface area (Å²) in [4.78, 5) is 25.8. The van der Waals surface area contributed by atoms with Gasteiger partial charge >= 0.3 is 5.97 Å². The van der Waals surface area contributed by atoms with Gasteiger partial charge in [0.2, 0.25) is 0 Å². The summed E-state index contributed by atoms with van der Waals surface area (Å²) in [6.07, 6.45) is -0.165. The normalized spacial score (nSPS) is 19.6. The first-order valence-electron chi connectivity index (χ1n) is 7.27. The molecule has 2 aromatic rings. The van der Waals surface area contributed by atoms with Crippen molar-refractivity contribution in [1.29, 1.82) is 0 Å². The lowest BCUT2D eigenvalue weighted by molar-refractivity contribution is -0.138. The number of rotatable bonds is 4. The van der Waals surface area contributed by atoms with Crippen LogP contribution in [-0.2, 0) is 10.3 Å². The molecule has 1 heterocycles. The number of fused-ring (bicyclic) bond motifs is 1. The first kappa shape index (κ1) is 15.1. The number of hydrogen-bond donors (Lipinski definition) is 1. The Balaban J connectivity index is 2.14. The molecule has 0 radical (unpaired) electrons. The summed E-state index contributed by atoms with van der Waals surface area (Å²) in [5, 5.41) is 9.34. The summed E-state index contributed by atoms with van der Waals surface area (Å²) < 4.78 is 5.14. The van der Waals surface area contributed by atoms with E-state index in [9.17, 15) is 14.7 Å². The molecule has 5 heteroatoms. The second-order valence-electron chi connectivity index (χ2n) is 5.73. The van der Waals surface area contributed by atoms with Crippen LogP contribution in [0.3, 0.4) is 0 Å². The lowest BCUT2D eigenvalue weighted by Gasteiger charge is -2.35. The van der Waals surface area contributed by atoms with Crippen molar-refractivity contribution in [2.75, 3.05) is 12.0 Å². The van der Waals surface area contributed by atoms with Gasteiger partial charge in [-0.25, -0.2) is 0 Å². The molecule has 0 saturated heterocycles. The number of nitrogens with zero attached hydrogens (tertiary/aromatic N) is 1. The summed E-state index contributed by atoms with van der Waals surface area (Å²) in [6.45, 7) is 1.79. The van der Waals surface area contributed by atoms with Gasteiger partial charge < -0.3 is 9.84 Å². The standard InChI is InChI=1S/C18H17NO4/c1-18(11-16(20)21)15-6-4-3-5-14(15)17(22)19(18)12-7-9-13(23-2)10-8-12/h3-10H,11H2,1-2H3,(H,20,21). The van der Waals surface area contributed by atoms with Crippen molar-refractivity contribution in [2.45, 2.75) is 18.9 Å². The van der Waals surface area contributed by atoms with E-state index in [0.29, 0.717) is 17.0 Å². The molecule has 0 spiro atoms. The molecule has 1 aliphatic heterocycles. The summed E-state index contributed by atoms with van der Waals surface area (Å²) in [6, 6.07) is 14.2. The fraction of sp³-hybridized carbons (Fsp3) is 0.222. The van der Waals surface area contributed by atoms with E-state index in [1.54, 1.807) is 55.3 Å². The van der Waals surface area contributed by atoms with Gasteiger partial charge in [0.05, 0.1) is 19.1 Å². The van der Waals surface area contributed by atoms with Gasteiger partial charge in [-0.3, -0.25) is 14.5 Å². The second kappa shape index (κ2) is 5.43. The zero-order valence-corrected chi connectivity index (χ0v) is 12.9. The molecular weight excluding hydrogens is 294 g/mol. The third-order valence-electron chi connectivity index (χ3n) is 4.26. The number of benzene rings is 2. The van der Waals surface area contributed by atoms with Crippen LogP contribution in [-0.4, -0.2) is 24.1 Å². The predicted octanol–water partition coefficient (Wildman–Crippen LogP) is 3.05. The molecule has 2 aromatic carbocycles. The average Bonchev–Trinajstić information content (AvgIpc) is 2.75. The average molecular weight is 311 g/mol. The van der Waals surface area contributed by atoms with Crippen molar-refractivity contribution in [2.24, 2.45) is 0 Å². The molecule has 1 aliphatic rings. The highest BCUT2D eigenvalue weighted by Gasteiger charge is 2.48. The van der Waals surface area contributed by atoms with E-state index < -0.39 is 11.5 Å². The molecule has 118 valence electrons. The number of hydrogen-bond acceptors (Lipinski definition) is 3. The lowest BCUT2D eigenvalue weighted by atomic mass is 9.88. The summed E-state index contributed by atoms with van der Waals surface area (Å²) >= 11 is 0. The van der Waals surface area contributed by atoms with E-state index in [1.165, 1.54) is 0 Å². The highest BCUT2D eigenvalue weighted by molar-refractivity contribution is 6.12. The number of carboxylic acid groups (broad SMARTS) is 1. The van der Waals surface area contributed by atoms with Crippen molar-refractivity contribution in [3.8, 4) is 5.75 Å². The fourth-order valence-electron chi connectivity index (χ4n) is 3.21. The first-order chi connectivity index (χ1) is 11.0. The smallest absolute Gasteiger partial charge is 0.306 e. The summed E-state index contributed by atoms with van der Waals surface area (Å²) in [5.74, 6) is -0.456. The van der Waals surface area contributed by atoms with Crippen LogP contribution in [0.2, 0.25) is 0 Å². The Hall–Kier alpha value is -2.82. The minimum atomic E-state index is -0.949. The van der Waals surface area contributed by atoms with Crippen molar-refractivity contribution in [1.82, 2.24) is 0 Å². The number of anilines is 1. The van der Waals surface area contributed by atoms with E-state index in [-0.39, 0.29) is 12.3 Å². The molecule has 1 unspecified atom stereocenters. The van der Waals surface area contributed by atoms with E-state index in [1.807, 2.05) is 12.1 Å². The van der Waals surface area contributed by atoms with Gasteiger partial charge in [0.1, 0.15) is 5.75 Å². The van der Waals surface area contributed by atoms with Crippen LogP contribution in [0, 0.1) is 0 Å². The van der Waals surface area contributed by atoms with Crippen LogP contribution in [0.25, 0.3) is 0 Å². The number of amides is 1. The maximum Gasteiger partial charge on any atom is 0.306 e. The van der Waals surface area contributed by atoms with Crippen molar-refractivity contribution in [3.63, 3.8) is 0 Å². The molecule has 3 rings (SSSR count). The Kier molecular flexibility index (Phi) is 3.56. The molecule has 0 bridgehead atoms. The molecule has 0 saturated carbocycles. The zero-order valence-electron chi connectivity index (χ0n) is 12.9. The van der Waals surface area contributed by atoms with Crippen LogP contribution in [0.1, 0.15) is 29.3 Å². The van der Waals surface area contributed by atoms with Crippen LogP contribution < -0.4 is 9.64 Å². The van der Waals surface area contributed by atoms with Gasteiger partial charge in [-0.15, -0.1) is 0 Å². The number of carbonyl (C=O) groups excluding carboxylic acids is 1. The van der Waals surface area contributed by atoms with Gasteiger partial charge in [-0.1, -0.05) is 18.2 Å². The van der Waals surface area contributed by atoms with Crippen LogP contribution in [0.5, 0.6) is 5.75 Å². The van der Waals surface area contributed by atoms with E-state index in [2.05, 4.69) is 0 Å². The molecule has 1 amide bonds. The predicted molar refractivity (Wildman–Crippen MR) is 85.9 cm³/mol. The van der Waals surface area contributed by atoms with Crippen LogP contribution >= 0.6 is 0 Å². The Morgan fingerprint density at radius 2 is 1.83 bits per heavy atom. The summed E-state index contributed by atoms with van der Waals surface area (Å²) in [5.41, 5.74) is 1.01. The molecule has 0 fully saturated rings. The van der Waals surface area contributed by atoms with E-state index in [4.69, 9.17) is 4.74 Å². The van der Waals surface area contributed by atoms with Gasteiger partial charge in [-0.05, 0) is 42.8 Å². The fourth-order valence-corrected chi connectivity index (χ4v) is 3.21. The highest BCUT2D eigenvalue weighted by Crippen LogP contribution is 2.44. The van der Waals surface area contributed by atoms with Crippen molar-refractivity contribution >= 4 is 17.6 Å². The Labute approximate surface area is 134 Å². The monoisotopic (exact) mass is 311 g/mol. The minimum absolute atomic E-state index is 0.165. The van der Waals surface area contributed by atoms with E-state index >= 15 is 0 Å². The third-order valence-corrected chi connectivity index (χ3v) is 4.26. The molecule has 1 atom stereocenters. The molecule has 5 nitrogen and oxygen atoms in total. The number of carboxylic acids is 1. The number of ether oxygens (including phenoxy) is 1. The first-order valence-corrected chi connectivity index (χ1v) is 7.27. The molecular formula is C18H17NO4. The van der Waals surface area contributed by atoms with Crippen LogP contribution in [0.4, 0.5) is 5.69 Å². The summed E-state index contributed by atoms with van der Waals surface area (Å²) in [7, 11) is 1.57. The highest BCUT2D eigenvalue weighted by atomic mass is 16.5. The number of methoxy groups -OCH3 is 1. The van der Waals surface area contributed by atoms with Gasteiger partial charge in [0.15, 0.2) is 0 Å². The Morgan fingerprint density at radius 1 is 1.17 bits per heavy atom. The Morgan fingerprint density at radius 3 is 2.43 bits per heavy atom. The third kappa shape index (κ3) is 2.34. The van der Waals surface area contributed by atoms with Crippen LogP contribution in [0.15, 0.2) is 48.5 Å². The zero-order chi connectivity index (χ0) is 16.6. The molecule has 0 aromatic heterocycles. The van der Waals surface area contributed by atoms with Gasteiger partial charge in [0.25, 0.3) is 5.91 Å². The molecule has 1 N–H and O–H groups in total. The van der Waals surface area contributed by atoms with E-state index in [0.717, 1.165) is 5.56 Å². The maximum absolute atomic E-state index is 12.9. The minimum Gasteiger partial charge on any atom is -0.497 e. The lowest BCUT2D eigenvalue weighted by Crippen LogP contribution is -2.43. The maximum atomic E-state index is 12.9.